The van der Waals surface area contributed by atoms with Gasteiger partial charge in [-0.05, 0) is 42.8 Å². The lowest BCUT2D eigenvalue weighted by molar-refractivity contribution is 0.121. The minimum atomic E-state index is 0.0907. The molecule has 3 heterocycles. The molecule has 3 aromatic rings. The number of aromatic nitrogens is 1. The summed E-state index contributed by atoms with van der Waals surface area (Å²) in [6, 6.07) is 11.8. The number of benzene rings is 2. The highest BCUT2D eigenvalue weighted by molar-refractivity contribution is 5.81. The summed E-state index contributed by atoms with van der Waals surface area (Å²) < 4.78 is 16.2. The number of H-pyrrole nitrogens is 1. The molecule has 0 saturated carbocycles. The van der Waals surface area contributed by atoms with E-state index in [-0.39, 0.29) is 5.43 Å². The first-order valence-corrected chi connectivity index (χ1v) is 10.6. The minimum Gasteiger partial charge on any atom is -0.497 e. The van der Waals surface area contributed by atoms with Crippen molar-refractivity contribution in [3.05, 3.63) is 63.4 Å². The zero-order valence-electron chi connectivity index (χ0n) is 17.9. The molecule has 1 N–H and O–H groups in total. The number of nitrogens with zero attached hydrogens (tertiary/aromatic N) is 2. The molecule has 0 radical (unpaired) electrons. The lowest BCUT2D eigenvalue weighted by Crippen LogP contribution is -2.46. The van der Waals surface area contributed by atoms with Gasteiger partial charge in [-0.1, -0.05) is 6.07 Å². The molecule has 1 aromatic heterocycles. The van der Waals surface area contributed by atoms with Crippen LogP contribution in [0.2, 0.25) is 0 Å². The maximum Gasteiger partial charge on any atom is 0.231 e. The second kappa shape index (κ2) is 8.24. The molecule has 31 heavy (non-hydrogen) atoms. The summed E-state index contributed by atoms with van der Waals surface area (Å²) in [6.45, 7) is 7.62. The minimum absolute atomic E-state index is 0.0907. The zero-order valence-corrected chi connectivity index (χ0v) is 17.9. The Labute approximate surface area is 181 Å². The Morgan fingerprint density at radius 3 is 2.48 bits per heavy atom. The molecule has 1 saturated heterocycles. The number of methoxy groups -OCH3 is 1. The van der Waals surface area contributed by atoms with Crippen molar-refractivity contribution in [2.75, 3.05) is 40.1 Å². The number of pyridine rings is 1. The Hall–Kier alpha value is -3.03. The van der Waals surface area contributed by atoms with E-state index in [4.69, 9.17) is 14.2 Å². The number of aryl methyl sites for hydroxylation is 1. The van der Waals surface area contributed by atoms with Crippen LogP contribution < -0.4 is 19.6 Å². The maximum atomic E-state index is 13.2. The van der Waals surface area contributed by atoms with E-state index < -0.39 is 0 Å². The van der Waals surface area contributed by atoms with Gasteiger partial charge >= 0.3 is 0 Å². The lowest BCUT2D eigenvalue weighted by Gasteiger charge is -2.34. The first-order valence-electron chi connectivity index (χ1n) is 10.6. The molecule has 7 heteroatoms. The van der Waals surface area contributed by atoms with Gasteiger partial charge in [-0.15, -0.1) is 0 Å². The van der Waals surface area contributed by atoms with Crippen LogP contribution >= 0.6 is 0 Å². The summed E-state index contributed by atoms with van der Waals surface area (Å²) in [5.41, 5.74) is 3.94. The molecule has 2 aromatic carbocycles. The van der Waals surface area contributed by atoms with Gasteiger partial charge in [0.2, 0.25) is 6.79 Å². The van der Waals surface area contributed by atoms with E-state index in [1.54, 1.807) is 7.11 Å². The van der Waals surface area contributed by atoms with Crippen molar-refractivity contribution in [2.24, 2.45) is 0 Å². The Morgan fingerprint density at radius 2 is 1.71 bits per heavy atom. The number of rotatable bonds is 5. The van der Waals surface area contributed by atoms with Gasteiger partial charge in [0.25, 0.3) is 0 Å². The van der Waals surface area contributed by atoms with Crippen molar-refractivity contribution >= 4 is 10.9 Å². The molecule has 0 bridgehead atoms. The molecule has 7 nitrogen and oxygen atoms in total. The third-order valence-corrected chi connectivity index (χ3v) is 6.21. The second-order valence-electron chi connectivity index (χ2n) is 8.21. The average molecular weight is 421 g/mol. The number of piperazine rings is 1. The summed E-state index contributed by atoms with van der Waals surface area (Å²) in [5, 5.41) is 0.682. The highest BCUT2D eigenvalue weighted by Crippen LogP contribution is 2.32. The normalized spacial score (nSPS) is 16.7. The second-order valence-corrected chi connectivity index (χ2v) is 8.21. The van der Waals surface area contributed by atoms with Gasteiger partial charge in [0, 0.05) is 61.4 Å². The number of hydrogen-bond donors (Lipinski definition) is 1. The number of nitrogens with one attached hydrogen (secondary N) is 1. The molecule has 2 aliphatic heterocycles. The van der Waals surface area contributed by atoms with Gasteiger partial charge in [-0.25, -0.2) is 0 Å². The number of aromatic amines is 1. The number of ether oxygens (including phenoxy) is 3. The van der Waals surface area contributed by atoms with Crippen molar-refractivity contribution in [1.29, 1.82) is 0 Å². The fourth-order valence-electron chi connectivity index (χ4n) is 4.37. The molecule has 1 fully saturated rings. The highest BCUT2D eigenvalue weighted by atomic mass is 16.7. The van der Waals surface area contributed by atoms with Crippen LogP contribution in [0.1, 0.15) is 16.8 Å². The topological polar surface area (TPSA) is 67.0 Å². The van der Waals surface area contributed by atoms with Crippen LogP contribution in [0.4, 0.5) is 0 Å². The van der Waals surface area contributed by atoms with Gasteiger partial charge in [0.1, 0.15) is 5.75 Å². The molecule has 5 rings (SSSR count). The standard InChI is InChI=1S/C24H27N3O4/c1-16-20(24(28)19-12-18(29-2)4-5-21(19)25-16)14-27-9-7-26(8-10-27)13-17-3-6-22-23(11-17)31-15-30-22/h3-6,11-12H,7-10,13-15H2,1-2H3,(H,25,28). The molecular formula is C24H27N3O4. The van der Waals surface area contributed by atoms with E-state index in [0.717, 1.165) is 61.0 Å². The lowest BCUT2D eigenvalue weighted by atomic mass is 10.1. The number of hydrogen-bond acceptors (Lipinski definition) is 6. The maximum absolute atomic E-state index is 13.2. The molecule has 0 spiro atoms. The van der Waals surface area contributed by atoms with E-state index in [0.29, 0.717) is 24.5 Å². The Kier molecular flexibility index (Phi) is 5.29. The number of fused-ring (bicyclic) bond motifs is 2. The van der Waals surface area contributed by atoms with Gasteiger partial charge < -0.3 is 19.2 Å². The van der Waals surface area contributed by atoms with Crippen LogP contribution in [0, 0.1) is 6.92 Å². The van der Waals surface area contributed by atoms with Crippen LogP contribution in [0.3, 0.4) is 0 Å². The Balaban J connectivity index is 1.25. The smallest absolute Gasteiger partial charge is 0.231 e. The van der Waals surface area contributed by atoms with Gasteiger partial charge in [0.05, 0.1) is 7.11 Å². The van der Waals surface area contributed by atoms with Crippen molar-refractivity contribution in [2.45, 2.75) is 20.0 Å². The fraction of sp³-hybridized carbons (Fsp3) is 0.375. The summed E-state index contributed by atoms with van der Waals surface area (Å²) in [4.78, 5) is 21.3. The molecule has 0 aliphatic carbocycles. The molecule has 0 amide bonds. The van der Waals surface area contributed by atoms with Crippen molar-refractivity contribution < 1.29 is 14.2 Å². The molecule has 0 atom stereocenters. The van der Waals surface area contributed by atoms with E-state index in [1.165, 1.54) is 5.56 Å². The predicted octanol–water partition coefficient (Wildman–Crippen LogP) is 2.89. The van der Waals surface area contributed by atoms with Crippen LogP contribution in [0.5, 0.6) is 17.2 Å². The summed E-state index contributed by atoms with van der Waals surface area (Å²) in [5.74, 6) is 2.35. The monoisotopic (exact) mass is 421 g/mol. The van der Waals surface area contributed by atoms with Crippen LogP contribution in [-0.2, 0) is 13.1 Å². The largest absolute Gasteiger partial charge is 0.497 e. The van der Waals surface area contributed by atoms with Crippen LogP contribution in [-0.4, -0.2) is 54.9 Å². The van der Waals surface area contributed by atoms with Crippen LogP contribution in [0.15, 0.2) is 41.2 Å². The van der Waals surface area contributed by atoms with E-state index in [1.807, 2.05) is 31.2 Å². The summed E-state index contributed by atoms with van der Waals surface area (Å²) in [7, 11) is 1.62. The molecule has 2 aliphatic rings. The SMILES string of the molecule is COc1ccc2[nH]c(C)c(CN3CCN(Cc4ccc5c(c4)OCO5)CC3)c(=O)c2c1. The zero-order chi connectivity index (χ0) is 21.4. The quantitative estimate of drug-likeness (QED) is 0.683. The average Bonchev–Trinajstić information content (AvgIpc) is 3.25. The third-order valence-electron chi connectivity index (χ3n) is 6.21. The highest BCUT2D eigenvalue weighted by Gasteiger charge is 2.21. The van der Waals surface area contributed by atoms with E-state index >= 15 is 0 Å². The molecule has 0 unspecified atom stereocenters. The Bertz CT molecular complexity index is 1170. The first kappa shape index (κ1) is 19.9. The van der Waals surface area contributed by atoms with Crippen LogP contribution in [0.25, 0.3) is 10.9 Å². The summed E-state index contributed by atoms with van der Waals surface area (Å²) in [6.07, 6.45) is 0. The fourth-order valence-corrected chi connectivity index (χ4v) is 4.37. The van der Waals surface area contributed by atoms with Crippen molar-refractivity contribution in [3.63, 3.8) is 0 Å². The third kappa shape index (κ3) is 3.98. The predicted molar refractivity (Wildman–Crippen MR) is 119 cm³/mol. The Morgan fingerprint density at radius 1 is 0.968 bits per heavy atom. The molecular weight excluding hydrogens is 394 g/mol. The van der Waals surface area contributed by atoms with Crippen molar-refractivity contribution in [1.82, 2.24) is 14.8 Å². The van der Waals surface area contributed by atoms with Crippen molar-refractivity contribution in [3.8, 4) is 17.2 Å². The van der Waals surface area contributed by atoms with Gasteiger partial charge in [0.15, 0.2) is 16.9 Å². The van der Waals surface area contributed by atoms with Gasteiger partial charge in [-0.2, -0.15) is 0 Å². The van der Waals surface area contributed by atoms with E-state index in [2.05, 4.69) is 26.9 Å². The first-order chi connectivity index (χ1) is 15.1. The molecule has 162 valence electrons. The summed E-state index contributed by atoms with van der Waals surface area (Å²) >= 11 is 0. The van der Waals surface area contributed by atoms with Gasteiger partial charge in [-0.3, -0.25) is 14.6 Å². The van der Waals surface area contributed by atoms with E-state index in [9.17, 15) is 4.79 Å².